The van der Waals surface area contributed by atoms with Crippen molar-refractivity contribution in [3.8, 4) is 17.0 Å². The molecule has 0 aromatic carbocycles. The van der Waals surface area contributed by atoms with Gasteiger partial charge in [-0.05, 0) is 51.9 Å². The minimum absolute atomic E-state index is 0.475. The molecule has 1 aliphatic heterocycles. The minimum Gasteiger partial charge on any atom is -0.488 e. The van der Waals surface area contributed by atoms with E-state index < -0.39 is 0 Å². The second-order valence-electron chi connectivity index (χ2n) is 8.60. The summed E-state index contributed by atoms with van der Waals surface area (Å²) in [4.78, 5) is 11.3. The van der Waals surface area contributed by atoms with Gasteiger partial charge >= 0.3 is 0 Å². The Morgan fingerprint density at radius 3 is 2.85 bits per heavy atom. The van der Waals surface area contributed by atoms with Crippen LogP contribution in [0.4, 0.5) is 11.6 Å². The van der Waals surface area contributed by atoms with E-state index in [2.05, 4.69) is 43.4 Å². The molecular weight excluding hydrogens is 416 g/mol. The standard InChI is InChI=1S/C24H30N8O/c1-5-31-9-6-7-19(31)15-33-21-14-25-30(4)24(21)18-8-10-32-20(12-18)13-23(29-32)28-22-11-16(2)26-17(3)27-22/h8,10-14,19H,5-7,9,15H2,1-4H3,(H,26,27,28,29)/t19-/m1/s1. The van der Waals surface area contributed by atoms with Crippen LogP contribution < -0.4 is 10.1 Å². The maximum absolute atomic E-state index is 6.27. The lowest BCUT2D eigenvalue weighted by Crippen LogP contribution is -2.33. The van der Waals surface area contributed by atoms with Crippen LogP contribution in [0.3, 0.4) is 0 Å². The Morgan fingerprint density at radius 2 is 2.03 bits per heavy atom. The number of aromatic nitrogens is 6. The highest BCUT2D eigenvalue weighted by Crippen LogP contribution is 2.31. The molecule has 0 bridgehead atoms. The monoisotopic (exact) mass is 446 g/mol. The first-order valence-corrected chi connectivity index (χ1v) is 11.5. The second-order valence-corrected chi connectivity index (χ2v) is 8.60. The van der Waals surface area contributed by atoms with E-state index in [0.29, 0.717) is 12.6 Å². The molecule has 9 heteroatoms. The number of nitrogens with zero attached hydrogens (tertiary/aromatic N) is 7. The van der Waals surface area contributed by atoms with Crippen molar-refractivity contribution in [1.29, 1.82) is 0 Å². The van der Waals surface area contributed by atoms with Crippen LogP contribution in [0.25, 0.3) is 16.8 Å². The van der Waals surface area contributed by atoms with Gasteiger partial charge in [0.1, 0.15) is 23.9 Å². The molecule has 5 rings (SSSR count). The molecule has 0 aliphatic carbocycles. The van der Waals surface area contributed by atoms with Gasteiger partial charge in [0.15, 0.2) is 11.6 Å². The molecule has 1 aliphatic rings. The summed E-state index contributed by atoms with van der Waals surface area (Å²) in [6, 6.07) is 8.53. The molecule has 0 radical (unpaired) electrons. The summed E-state index contributed by atoms with van der Waals surface area (Å²) in [6.45, 7) is 8.96. The molecule has 33 heavy (non-hydrogen) atoms. The average Bonchev–Trinajstić information content (AvgIpc) is 3.48. The maximum atomic E-state index is 6.27. The quantitative estimate of drug-likeness (QED) is 0.463. The Bertz CT molecular complexity index is 1260. The molecule has 5 heterocycles. The van der Waals surface area contributed by atoms with Gasteiger partial charge in [0.05, 0.1) is 11.7 Å². The summed E-state index contributed by atoms with van der Waals surface area (Å²) in [5.41, 5.74) is 3.89. The van der Waals surface area contributed by atoms with Gasteiger partial charge in [0.2, 0.25) is 0 Å². The molecule has 1 N–H and O–H groups in total. The van der Waals surface area contributed by atoms with Crippen LogP contribution in [-0.2, 0) is 7.05 Å². The Morgan fingerprint density at radius 1 is 1.15 bits per heavy atom. The van der Waals surface area contributed by atoms with Gasteiger partial charge in [-0.2, -0.15) is 10.2 Å². The highest BCUT2D eigenvalue weighted by molar-refractivity contribution is 5.72. The van der Waals surface area contributed by atoms with E-state index in [1.54, 1.807) is 0 Å². The normalized spacial score (nSPS) is 16.5. The fourth-order valence-corrected chi connectivity index (χ4v) is 4.65. The van der Waals surface area contributed by atoms with E-state index in [1.165, 1.54) is 12.8 Å². The highest BCUT2D eigenvalue weighted by atomic mass is 16.5. The topological polar surface area (TPSA) is 85.4 Å². The van der Waals surface area contributed by atoms with Crippen LogP contribution in [-0.4, -0.2) is 60.0 Å². The Kier molecular flexibility index (Phi) is 5.72. The number of ether oxygens (including phenoxy) is 1. The van der Waals surface area contributed by atoms with E-state index >= 15 is 0 Å². The number of fused-ring (bicyclic) bond motifs is 1. The maximum Gasteiger partial charge on any atom is 0.165 e. The van der Waals surface area contributed by atoms with E-state index in [1.807, 2.05) is 60.7 Å². The molecule has 1 fully saturated rings. The first kappa shape index (κ1) is 21.4. The van der Waals surface area contributed by atoms with Crippen LogP contribution in [0, 0.1) is 13.8 Å². The number of nitrogens with one attached hydrogen (secondary N) is 1. The van der Waals surface area contributed by atoms with Crippen molar-refractivity contribution in [2.24, 2.45) is 7.05 Å². The van der Waals surface area contributed by atoms with Crippen molar-refractivity contribution in [2.45, 2.75) is 39.7 Å². The van der Waals surface area contributed by atoms with Crippen molar-refractivity contribution < 1.29 is 4.74 Å². The fraction of sp³-hybridized carbons (Fsp3) is 0.417. The fourth-order valence-electron chi connectivity index (χ4n) is 4.65. The zero-order valence-corrected chi connectivity index (χ0v) is 19.6. The number of likely N-dealkylation sites (tertiary alicyclic amines) is 1. The number of pyridine rings is 1. The number of rotatable bonds is 7. The summed E-state index contributed by atoms with van der Waals surface area (Å²) < 4.78 is 9.99. The number of anilines is 2. The lowest BCUT2D eigenvalue weighted by atomic mass is 10.1. The van der Waals surface area contributed by atoms with Gasteiger partial charge < -0.3 is 10.1 Å². The van der Waals surface area contributed by atoms with Gasteiger partial charge in [-0.15, -0.1) is 0 Å². The molecule has 4 aromatic heterocycles. The third-order valence-electron chi connectivity index (χ3n) is 6.20. The predicted octanol–water partition coefficient (Wildman–Crippen LogP) is 3.75. The molecule has 0 amide bonds. The Labute approximate surface area is 193 Å². The minimum atomic E-state index is 0.475. The van der Waals surface area contributed by atoms with Gasteiger partial charge in [0, 0.05) is 42.7 Å². The van der Waals surface area contributed by atoms with Crippen molar-refractivity contribution in [3.63, 3.8) is 0 Å². The van der Waals surface area contributed by atoms with Crippen LogP contribution in [0.5, 0.6) is 5.75 Å². The molecule has 0 unspecified atom stereocenters. The summed E-state index contributed by atoms with van der Waals surface area (Å²) in [5.74, 6) is 3.01. The molecule has 1 atom stereocenters. The van der Waals surface area contributed by atoms with E-state index in [0.717, 1.165) is 58.8 Å². The molecule has 0 saturated carbocycles. The van der Waals surface area contributed by atoms with E-state index in [9.17, 15) is 0 Å². The van der Waals surface area contributed by atoms with E-state index in [4.69, 9.17) is 4.74 Å². The van der Waals surface area contributed by atoms with Crippen LogP contribution in [0.15, 0.2) is 36.7 Å². The summed E-state index contributed by atoms with van der Waals surface area (Å²) in [5, 5.41) is 12.4. The molecule has 0 spiro atoms. The second kappa shape index (κ2) is 8.82. The largest absolute Gasteiger partial charge is 0.488 e. The number of likely N-dealkylation sites (N-methyl/N-ethyl adjacent to an activating group) is 1. The predicted molar refractivity (Wildman–Crippen MR) is 128 cm³/mol. The first-order valence-electron chi connectivity index (χ1n) is 11.5. The van der Waals surface area contributed by atoms with Gasteiger partial charge in [-0.25, -0.2) is 14.5 Å². The van der Waals surface area contributed by atoms with Crippen molar-refractivity contribution >= 4 is 17.2 Å². The molecule has 9 nitrogen and oxygen atoms in total. The molecule has 172 valence electrons. The highest BCUT2D eigenvalue weighted by Gasteiger charge is 2.24. The molecular formula is C24H30N8O. The van der Waals surface area contributed by atoms with Crippen LogP contribution in [0.1, 0.15) is 31.3 Å². The first-order chi connectivity index (χ1) is 16.0. The zero-order valence-electron chi connectivity index (χ0n) is 19.6. The molecule has 1 saturated heterocycles. The Hall–Kier alpha value is -3.46. The van der Waals surface area contributed by atoms with E-state index in [-0.39, 0.29) is 0 Å². The van der Waals surface area contributed by atoms with Gasteiger partial charge in [-0.1, -0.05) is 6.92 Å². The van der Waals surface area contributed by atoms with Crippen LogP contribution >= 0.6 is 0 Å². The van der Waals surface area contributed by atoms with Crippen molar-refractivity contribution in [1.82, 2.24) is 34.3 Å². The van der Waals surface area contributed by atoms with Crippen molar-refractivity contribution in [2.75, 3.05) is 25.0 Å². The zero-order chi connectivity index (χ0) is 22.9. The summed E-state index contributed by atoms with van der Waals surface area (Å²) in [6.07, 6.45) is 6.20. The lowest BCUT2D eigenvalue weighted by Gasteiger charge is -2.22. The third kappa shape index (κ3) is 4.41. The molecule has 4 aromatic rings. The van der Waals surface area contributed by atoms with Gasteiger partial charge in [0.25, 0.3) is 0 Å². The Balaban J connectivity index is 1.38. The summed E-state index contributed by atoms with van der Waals surface area (Å²) >= 11 is 0. The average molecular weight is 447 g/mol. The smallest absolute Gasteiger partial charge is 0.165 e. The number of hydrogen-bond donors (Lipinski definition) is 1. The number of aryl methyl sites for hydroxylation is 3. The SMILES string of the molecule is CCN1CCC[C@@H]1COc1cnn(C)c1-c1ccn2nc(Nc3cc(C)nc(C)n3)cc2c1. The summed E-state index contributed by atoms with van der Waals surface area (Å²) in [7, 11) is 1.95. The third-order valence-corrected chi connectivity index (χ3v) is 6.20. The van der Waals surface area contributed by atoms with Crippen molar-refractivity contribution in [3.05, 3.63) is 48.2 Å². The lowest BCUT2D eigenvalue weighted by molar-refractivity contribution is 0.179. The van der Waals surface area contributed by atoms with Gasteiger partial charge in [-0.3, -0.25) is 9.58 Å². The van der Waals surface area contributed by atoms with Crippen LogP contribution in [0.2, 0.25) is 0 Å². The number of hydrogen-bond acceptors (Lipinski definition) is 7.